The number of carbonyl (C=O) groups is 1. The zero-order valence-electron chi connectivity index (χ0n) is 10.7. The average molecular weight is 277 g/mol. The molecule has 0 unspecified atom stereocenters. The molecule has 0 atom stereocenters. The van der Waals surface area contributed by atoms with E-state index in [2.05, 4.69) is 10.5 Å². The Morgan fingerprint density at radius 2 is 2.20 bits per heavy atom. The first-order valence-corrected chi connectivity index (χ1v) is 5.58. The van der Waals surface area contributed by atoms with Gasteiger partial charge in [-0.3, -0.25) is 14.9 Å². The van der Waals surface area contributed by atoms with E-state index in [0.29, 0.717) is 11.4 Å². The molecule has 1 aromatic carbocycles. The normalized spacial score (nSPS) is 10.1. The number of nitrogens with zero attached hydrogens (tertiary/aromatic N) is 2. The lowest BCUT2D eigenvalue weighted by atomic mass is 10.2. The topological polar surface area (TPSA) is 108 Å². The minimum atomic E-state index is -0.548. The third kappa shape index (κ3) is 2.74. The minimum absolute atomic E-state index is 0.0444. The molecule has 0 fully saturated rings. The van der Waals surface area contributed by atoms with Crippen molar-refractivity contribution in [3.8, 4) is 5.75 Å². The van der Waals surface area contributed by atoms with Crippen LogP contribution < -0.4 is 10.1 Å². The molecule has 104 valence electrons. The Morgan fingerprint density at radius 1 is 1.45 bits per heavy atom. The second kappa shape index (κ2) is 5.39. The van der Waals surface area contributed by atoms with Gasteiger partial charge in [-0.05, 0) is 13.0 Å². The van der Waals surface area contributed by atoms with E-state index >= 15 is 0 Å². The molecular formula is C12H11N3O5. The molecule has 0 saturated carbocycles. The van der Waals surface area contributed by atoms with Crippen molar-refractivity contribution in [1.82, 2.24) is 5.16 Å². The molecule has 2 rings (SSSR count). The van der Waals surface area contributed by atoms with Crippen molar-refractivity contribution < 1.29 is 19.0 Å². The number of methoxy groups -OCH3 is 1. The predicted octanol–water partition coefficient (Wildman–Crippen LogP) is 2.15. The van der Waals surface area contributed by atoms with Crippen LogP contribution in [0, 0.1) is 17.0 Å². The smallest absolute Gasteiger partial charge is 0.294 e. The van der Waals surface area contributed by atoms with Gasteiger partial charge in [-0.15, -0.1) is 0 Å². The summed E-state index contributed by atoms with van der Waals surface area (Å²) in [5.74, 6) is -0.288. The molecule has 1 amide bonds. The molecule has 0 spiro atoms. The summed E-state index contributed by atoms with van der Waals surface area (Å²) in [6, 6.07) is 5.36. The molecule has 2 aromatic rings. The second-order valence-corrected chi connectivity index (χ2v) is 3.93. The third-order valence-electron chi connectivity index (χ3n) is 2.50. The number of hydrogen-bond donors (Lipinski definition) is 1. The zero-order chi connectivity index (χ0) is 14.7. The number of benzene rings is 1. The van der Waals surface area contributed by atoms with E-state index in [1.807, 2.05) is 0 Å². The number of nitro groups is 1. The van der Waals surface area contributed by atoms with Crippen LogP contribution in [0.2, 0.25) is 0 Å². The Bertz CT molecular complexity index is 665. The van der Waals surface area contributed by atoms with E-state index in [1.54, 1.807) is 6.92 Å². The number of amides is 1. The van der Waals surface area contributed by atoms with Crippen LogP contribution >= 0.6 is 0 Å². The van der Waals surface area contributed by atoms with Crippen LogP contribution in [0.1, 0.15) is 16.2 Å². The van der Waals surface area contributed by atoms with E-state index in [1.165, 1.54) is 31.4 Å². The van der Waals surface area contributed by atoms with Crippen molar-refractivity contribution in [2.45, 2.75) is 6.92 Å². The van der Waals surface area contributed by atoms with Gasteiger partial charge in [0, 0.05) is 12.1 Å². The number of ether oxygens (including phenoxy) is 1. The summed E-state index contributed by atoms with van der Waals surface area (Å²) >= 11 is 0. The molecule has 1 aromatic heterocycles. The largest absolute Gasteiger partial charge is 0.494 e. The van der Waals surface area contributed by atoms with E-state index < -0.39 is 10.8 Å². The number of aryl methyl sites for hydroxylation is 1. The molecule has 1 heterocycles. The molecule has 0 saturated heterocycles. The van der Waals surface area contributed by atoms with E-state index in [0.717, 1.165) is 0 Å². The predicted molar refractivity (Wildman–Crippen MR) is 68.8 cm³/mol. The zero-order valence-corrected chi connectivity index (χ0v) is 10.7. The number of rotatable bonds is 4. The fourth-order valence-corrected chi connectivity index (χ4v) is 1.55. The highest BCUT2D eigenvalue weighted by Crippen LogP contribution is 2.29. The summed E-state index contributed by atoms with van der Waals surface area (Å²) in [5.41, 5.74) is 0.748. The number of carbonyl (C=O) groups excluding carboxylic acids is 1. The molecular weight excluding hydrogens is 266 g/mol. The van der Waals surface area contributed by atoms with Gasteiger partial charge in [0.15, 0.2) is 0 Å². The average Bonchev–Trinajstić information content (AvgIpc) is 2.85. The molecule has 0 radical (unpaired) electrons. The molecule has 8 heteroatoms. The van der Waals surface area contributed by atoms with Crippen molar-refractivity contribution in [1.29, 1.82) is 0 Å². The maximum atomic E-state index is 11.9. The fraction of sp³-hybridized carbons (Fsp3) is 0.167. The number of anilines is 1. The lowest BCUT2D eigenvalue weighted by Gasteiger charge is -2.08. The molecule has 1 N–H and O–H groups in total. The first kappa shape index (κ1) is 13.5. The summed E-state index contributed by atoms with van der Waals surface area (Å²) in [7, 11) is 1.35. The summed E-state index contributed by atoms with van der Waals surface area (Å²) in [5, 5.41) is 16.8. The Hall–Kier alpha value is -2.90. The lowest BCUT2D eigenvalue weighted by molar-refractivity contribution is -0.384. The van der Waals surface area contributed by atoms with Gasteiger partial charge in [-0.1, -0.05) is 5.16 Å². The standard InChI is InChI=1S/C12H11N3O5/c1-7-5-11(20-14-7)12(16)13-9-4-3-8(15(17)18)6-10(9)19-2/h3-6H,1-2H3,(H,13,16). The maximum Gasteiger partial charge on any atom is 0.294 e. The van der Waals surface area contributed by atoms with Gasteiger partial charge in [0.2, 0.25) is 5.76 Å². The van der Waals surface area contributed by atoms with Crippen LogP contribution in [0.4, 0.5) is 11.4 Å². The SMILES string of the molecule is COc1cc([N+](=O)[O-])ccc1NC(=O)c1cc(C)no1. The first-order chi connectivity index (χ1) is 9.51. The molecule has 8 nitrogen and oxygen atoms in total. The van der Waals surface area contributed by atoms with Crippen molar-refractivity contribution in [2.24, 2.45) is 0 Å². The number of non-ortho nitro benzene ring substituents is 1. The van der Waals surface area contributed by atoms with Gasteiger partial charge < -0.3 is 14.6 Å². The molecule has 0 aliphatic carbocycles. The van der Waals surface area contributed by atoms with Gasteiger partial charge in [-0.25, -0.2) is 0 Å². The van der Waals surface area contributed by atoms with Crippen LogP contribution in [-0.2, 0) is 0 Å². The highest BCUT2D eigenvalue weighted by Gasteiger charge is 2.16. The number of aromatic nitrogens is 1. The van der Waals surface area contributed by atoms with E-state index in [-0.39, 0.29) is 17.2 Å². The van der Waals surface area contributed by atoms with Crippen LogP contribution in [-0.4, -0.2) is 23.1 Å². The summed E-state index contributed by atoms with van der Waals surface area (Å²) in [4.78, 5) is 22.0. The Balaban J connectivity index is 2.25. The Morgan fingerprint density at radius 3 is 2.75 bits per heavy atom. The van der Waals surface area contributed by atoms with Crippen molar-refractivity contribution in [3.63, 3.8) is 0 Å². The van der Waals surface area contributed by atoms with Crippen molar-refractivity contribution in [2.75, 3.05) is 12.4 Å². The van der Waals surface area contributed by atoms with Gasteiger partial charge >= 0.3 is 0 Å². The molecule has 0 aliphatic rings. The highest BCUT2D eigenvalue weighted by atomic mass is 16.6. The third-order valence-corrected chi connectivity index (χ3v) is 2.50. The van der Waals surface area contributed by atoms with Gasteiger partial charge in [0.25, 0.3) is 11.6 Å². The molecule has 0 bridgehead atoms. The van der Waals surface area contributed by atoms with E-state index in [9.17, 15) is 14.9 Å². The summed E-state index contributed by atoms with van der Waals surface area (Å²) in [6.07, 6.45) is 0. The fourth-order valence-electron chi connectivity index (χ4n) is 1.55. The van der Waals surface area contributed by atoms with Gasteiger partial charge in [0.05, 0.1) is 29.5 Å². The quantitative estimate of drug-likeness (QED) is 0.677. The molecule has 0 aliphatic heterocycles. The number of nitro benzene ring substituents is 1. The summed E-state index contributed by atoms with van der Waals surface area (Å²) in [6.45, 7) is 1.69. The Labute approximate surface area is 113 Å². The second-order valence-electron chi connectivity index (χ2n) is 3.93. The highest BCUT2D eigenvalue weighted by molar-refractivity contribution is 6.03. The van der Waals surface area contributed by atoms with Crippen LogP contribution in [0.3, 0.4) is 0 Å². The van der Waals surface area contributed by atoms with Gasteiger partial charge in [-0.2, -0.15) is 0 Å². The van der Waals surface area contributed by atoms with Crippen molar-refractivity contribution >= 4 is 17.3 Å². The van der Waals surface area contributed by atoms with E-state index in [4.69, 9.17) is 9.26 Å². The van der Waals surface area contributed by atoms with Crippen LogP contribution in [0.15, 0.2) is 28.8 Å². The monoisotopic (exact) mass is 277 g/mol. The lowest BCUT2D eigenvalue weighted by Crippen LogP contribution is -2.11. The number of nitrogens with one attached hydrogen (secondary N) is 1. The van der Waals surface area contributed by atoms with Crippen LogP contribution in [0.25, 0.3) is 0 Å². The minimum Gasteiger partial charge on any atom is -0.494 e. The van der Waals surface area contributed by atoms with Gasteiger partial charge in [0.1, 0.15) is 5.75 Å². The van der Waals surface area contributed by atoms with Crippen LogP contribution in [0.5, 0.6) is 5.75 Å². The molecule has 20 heavy (non-hydrogen) atoms. The number of hydrogen-bond acceptors (Lipinski definition) is 6. The summed E-state index contributed by atoms with van der Waals surface area (Å²) < 4.78 is 9.84. The van der Waals surface area contributed by atoms with Crippen molar-refractivity contribution in [3.05, 3.63) is 45.8 Å². The Kier molecular flexibility index (Phi) is 3.65. The first-order valence-electron chi connectivity index (χ1n) is 5.58. The maximum absolute atomic E-state index is 11.9.